The number of anilines is 1. The fraction of sp³-hybridized carbons (Fsp3) is 0.562. The Kier molecular flexibility index (Phi) is 5.41. The zero-order valence-electron chi connectivity index (χ0n) is 12.3. The Balaban J connectivity index is 1.79. The number of carbonyl (C=O) groups excluding carboxylic acids is 1. The molecule has 1 aromatic rings. The molecule has 1 amide bonds. The first-order chi connectivity index (χ1) is 9.67. The molecule has 0 bridgehead atoms. The molecule has 0 radical (unpaired) electrons. The fourth-order valence-electron chi connectivity index (χ4n) is 2.25. The molecule has 0 atom stereocenters. The van der Waals surface area contributed by atoms with Gasteiger partial charge >= 0.3 is 0 Å². The molecule has 0 aliphatic heterocycles. The first-order valence-corrected chi connectivity index (χ1v) is 7.53. The molecule has 2 rings (SSSR count). The molecule has 0 saturated heterocycles. The molecule has 0 unspecified atom stereocenters. The van der Waals surface area contributed by atoms with Crippen molar-refractivity contribution in [1.29, 1.82) is 0 Å². The minimum Gasteiger partial charge on any atom is -0.399 e. The summed E-state index contributed by atoms with van der Waals surface area (Å²) in [6, 6.07) is 8.43. The highest BCUT2D eigenvalue weighted by Gasteiger charge is 2.23. The van der Waals surface area contributed by atoms with E-state index in [1.165, 1.54) is 5.56 Å². The number of carbonyl (C=O) groups is 1. The Bertz CT molecular complexity index is 426. The first kappa shape index (κ1) is 14.9. The lowest BCUT2D eigenvalue weighted by Crippen LogP contribution is -2.32. The van der Waals surface area contributed by atoms with Crippen molar-refractivity contribution in [3.63, 3.8) is 0 Å². The summed E-state index contributed by atoms with van der Waals surface area (Å²) in [4.78, 5) is 14.1. The van der Waals surface area contributed by atoms with Gasteiger partial charge in [0.25, 0.3) is 0 Å². The Morgan fingerprint density at radius 1 is 1.30 bits per heavy atom. The average molecular weight is 275 g/mol. The van der Waals surface area contributed by atoms with Gasteiger partial charge in [-0.25, -0.2) is 0 Å². The summed E-state index contributed by atoms with van der Waals surface area (Å²) >= 11 is 0. The third-order valence-electron chi connectivity index (χ3n) is 3.52. The van der Waals surface area contributed by atoms with E-state index in [4.69, 9.17) is 5.73 Å². The van der Waals surface area contributed by atoms with Crippen LogP contribution >= 0.6 is 0 Å². The molecule has 20 heavy (non-hydrogen) atoms. The molecule has 4 heteroatoms. The summed E-state index contributed by atoms with van der Waals surface area (Å²) in [5.41, 5.74) is 7.74. The van der Waals surface area contributed by atoms with Crippen molar-refractivity contribution >= 4 is 11.6 Å². The Labute approximate surface area is 121 Å². The summed E-state index contributed by atoms with van der Waals surface area (Å²) in [6.07, 6.45) is 3.98. The zero-order chi connectivity index (χ0) is 14.4. The SMILES string of the molecule is CCCN(CCC(=O)NC1CC1)Cc1ccc(N)cc1. The van der Waals surface area contributed by atoms with Gasteiger partial charge in [-0.2, -0.15) is 0 Å². The van der Waals surface area contributed by atoms with Gasteiger partial charge in [0.15, 0.2) is 0 Å². The molecule has 0 heterocycles. The van der Waals surface area contributed by atoms with E-state index >= 15 is 0 Å². The standard InChI is InChI=1S/C16H25N3O/c1-2-10-19(11-9-16(20)18-15-7-8-15)12-13-3-5-14(17)6-4-13/h3-6,15H,2,7-12,17H2,1H3,(H,18,20). The quantitative estimate of drug-likeness (QED) is 0.715. The maximum absolute atomic E-state index is 11.7. The van der Waals surface area contributed by atoms with E-state index in [-0.39, 0.29) is 5.91 Å². The van der Waals surface area contributed by atoms with E-state index < -0.39 is 0 Å². The average Bonchev–Trinajstić information content (AvgIpc) is 3.23. The monoisotopic (exact) mass is 275 g/mol. The highest BCUT2D eigenvalue weighted by atomic mass is 16.1. The Morgan fingerprint density at radius 3 is 2.60 bits per heavy atom. The van der Waals surface area contributed by atoms with E-state index in [2.05, 4.69) is 29.3 Å². The van der Waals surface area contributed by atoms with E-state index in [0.717, 1.165) is 44.6 Å². The molecule has 1 aliphatic rings. The summed E-state index contributed by atoms with van der Waals surface area (Å²) < 4.78 is 0. The van der Waals surface area contributed by atoms with Crippen LogP contribution in [0.2, 0.25) is 0 Å². The van der Waals surface area contributed by atoms with Gasteiger partial charge in [0, 0.05) is 31.2 Å². The minimum absolute atomic E-state index is 0.186. The second-order valence-electron chi connectivity index (χ2n) is 5.61. The molecule has 1 fully saturated rings. The molecule has 3 N–H and O–H groups in total. The van der Waals surface area contributed by atoms with Crippen molar-refractivity contribution in [2.24, 2.45) is 0 Å². The van der Waals surface area contributed by atoms with E-state index in [0.29, 0.717) is 12.5 Å². The fourth-order valence-corrected chi connectivity index (χ4v) is 2.25. The van der Waals surface area contributed by atoms with Crippen molar-refractivity contribution < 1.29 is 4.79 Å². The number of rotatable bonds is 8. The second kappa shape index (κ2) is 7.29. The van der Waals surface area contributed by atoms with Crippen molar-refractivity contribution in [3.8, 4) is 0 Å². The predicted molar refractivity (Wildman–Crippen MR) is 82.2 cm³/mol. The van der Waals surface area contributed by atoms with Crippen LogP contribution in [-0.2, 0) is 11.3 Å². The van der Waals surface area contributed by atoms with Crippen LogP contribution in [-0.4, -0.2) is 29.9 Å². The topological polar surface area (TPSA) is 58.4 Å². The number of nitrogens with two attached hydrogens (primary N) is 1. The van der Waals surface area contributed by atoms with Gasteiger partial charge in [-0.15, -0.1) is 0 Å². The maximum atomic E-state index is 11.7. The van der Waals surface area contributed by atoms with Crippen LogP contribution in [0.4, 0.5) is 5.69 Å². The molecule has 4 nitrogen and oxygen atoms in total. The number of nitrogens with one attached hydrogen (secondary N) is 1. The van der Waals surface area contributed by atoms with Gasteiger partial charge in [0.1, 0.15) is 0 Å². The van der Waals surface area contributed by atoms with Crippen molar-refractivity contribution in [2.45, 2.75) is 45.2 Å². The van der Waals surface area contributed by atoms with Crippen molar-refractivity contribution in [1.82, 2.24) is 10.2 Å². The molecule has 110 valence electrons. The number of nitrogens with zero attached hydrogens (tertiary/aromatic N) is 1. The highest BCUT2D eigenvalue weighted by Crippen LogP contribution is 2.18. The van der Waals surface area contributed by atoms with Crippen LogP contribution in [0.5, 0.6) is 0 Å². The van der Waals surface area contributed by atoms with Crippen LogP contribution in [0.1, 0.15) is 38.2 Å². The summed E-state index contributed by atoms with van der Waals surface area (Å²) in [6.45, 7) is 4.88. The molecule has 1 saturated carbocycles. The molecular weight excluding hydrogens is 250 g/mol. The molecular formula is C16H25N3O. The lowest BCUT2D eigenvalue weighted by Gasteiger charge is -2.21. The normalized spacial score (nSPS) is 14.5. The van der Waals surface area contributed by atoms with Crippen LogP contribution in [0.3, 0.4) is 0 Å². The number of benzene rings is 1. The van der Waals surface area contributed by atoms with E-state index in [1.54, 1.807) is 0 Å². The lowest BCUT2D eigenvalue weighted by molar-refractivity contribution is -0.121. The van der Waals surface area contributed by atoms with Gasteiger partial charge < -0.3 is 11.1 Å². The van der Waals surface area contributed by atoms with Gasteiger partial charge in [0.2, 0.25) is 5.91 Å². The van der Waals surface area contributed by atoms with Crippen LogP contribution in [0, 0.1) is 0 Å². The summed E-state index contributed by atoms with van der Waals surface area (Å²) in [7, 11) is 0. The van der Waals surface area contributed by atoms with Gasteiger partial charge in [0.05, 0.1) is 0 Å². The second-order valence-corrected chi connectivity index (χ2v) is 5.61. The summed E-state index contributed by atoms with van der Waals surface area (Å²) in [5.74, 6) is 0.186. The van der Waals surface area contributed by atoms with Crippen molar-refractivity contribution in [2.75, 3.05) is 18.8 Å². The van der Waals surface area contributed by atoms with Crippen LogP contribution in [0.25, 0.3) is 0 Å². The third-order valence-corrected chi connectivity index (χ3v) is 3.52. The van der Waals surface area contributed by atoms with Crippen LogP contribution in [0.15, 0.2) is 24.3 Å². The number of amides is 1. The van der Waals surface area contributed by atoms with Gasteiger partial charge in [-0.3, -0.25) is 9.69 Å². The van der Waals surface area contributed by atoms with Gasteiger partial charge in [-0.1, -0.05) is 19.1 Å². The Morgan fingerprint density at radius 2 is 2.00 bits per heavy atom. The Hall–Kier alpha value is -1.55. The first-order valence-electron chi connectivity index (χ1n) is 7.53. The zero-order valence-corrected chi connectivity index (χ0v) is 12.3. The number of hydrogen-bond donors (Lipinski definition) is 2. The predicted octanol–water partition coefficient (Wildman–Crippen LogP) is 2.15. The maximum Gasteiger partial charge on any atom is 0.221 e. The largest absolute Gasteiger partial charge is 0.399 e. The van der Waals surface area contributed by atoms with E-state index in [9.17, 15) is 4.79 Å². The number of hydrogen-bond acceptors (Lipinski definition) is 3. The summed E-state index contributed by atoms with van der Waals surface area (Å²) in [5, 5.41) is 3.04. The number of nitrogen functional groups attached to an aromatic ring is 1. The lowest BCUT2D eigenvalue weighted by atomic mass is 10.2. The smallest absolute Gasteiger partial charge is 0.221 e. The van der Waals surface area contributed by atoms with Crippen molar-refractivity contribution in [3.05, 3.63) is 29.8 Å². The minimum atomic E-state index is 0.186. The molecule has 0 spiro atoms. The highest BCUT2D eigenvalue weighted by molar-refractivity contribution is 5.76. The molecule has 0 aromatic heterocycles. The third kappa shape index (κ3) is 5.21. The van der Waals surface area contributed by atoms with E-state index in [1.807, 2.05) is 12.1 Å². The van der Waals surface area contributed by atoms with Crippen LogP contribution < -0.4 is 11.1 Å². The molecule has 1 aliphatic carbocycles. The molecule has 1 aromatic carbocycles. The van der Waals surface area contributed by atoms with Gasteiger partial charge in [-0.05, 0) is 43.5 Å².